The van der Waals surface area contributed by atoms with Crippen molar-refractivity contribution in [2.45, 2.75) is 38.3 Å². The van der Waals surface area contributed by atoms with E-state index in [0.29, 0.717) is 17.8 Å². The summed E-state index contributed by atoms with van der Waals surface area (Å²) in [6.45, 7) is 5.34. The highest BCUT2D eigenvalue weighted by Crippen LogP contribution is 2.27. The number of sulfonamides is 1. The molecule has 9 heteroatoms. The van der Waals surface area contributed by atoms with Crippen molar-refractivity contribution in [2.24, 2.45) is 0 Å². The van der Waals surface area contributed by atoms with Gasteiger partial charge in [-0.3, -0.25) is 13.9 Å². The van der Waals surface area contributed by atoms with Gasteiger partial charge in [0.05, 0.1) is 10.6 Å². The fraction of sp³-hybridized carbons (Fsp3) is 0.259. The van der Waals surface area contributed by atoms with Crippen LogP contribution in [0, 0.1) is 6.92 Å². The number of rotatable bonds is 10. The Hall–Kier alpha value is -3.17. The Morgan fingerprint density at radius 1 is 0.972 bits per heavy atom. The van der Waals surface area contributed by atoms with Crippen molar-refractivity contribution in [3.05, 3.63) is 94.5 Å². The molecular formula is C27H30BrN3O4S. The third-order valence-corrected chi connectivity index (χ3v) is 8.02. The van der Waals surface area contributed by atoms with Crippen LogP contribution in [0.1, 0.15) is 25.0 Å². The number of nitrogens with zero attached hydrogens (tertiary/aromatic N) is 2. The zero-order valence-corrected chi connectivity index (χ0v) is 22.9. The molecule has 0 spiro atoms. The number of nitrogens with one attached hydrogen (secondary N) is 1. The lowest BCUT2D eigenvalue weighted by Gasteiger charge is -2.32. The van der Waals surface area contributed by atoms with Gasteiger partial charge in [0.15, 0.2) is 0 Å². The predicted octanol–water partition coefficient (Wildman–Crippen LogP) is 4.51. The summed E-state index contributed by atoms with van der Waals surface area (Å²) in [7, 11) is -4.06. The van der Waals surface area contributed by atoms with Crippen molar-refractivity contribution < 1.29 is 18.0 Å². The Labute approximate surface area is 221 Å². The number of para-hydroxylation sites is 1. The summed E-state index contributed by atoms with van der Waals surface area (Å²) < 4.78 is 29.4. The molecule has 3 aromatic rings. The number of aryl methyl sites for hydroxylation is 1. The van der Waals surface area contributed by atoms with Crippen LogP contribution in [-0.2, 0) is 26.2 Å². The van der Waals surface area contributed by atoms with E-state index in [4.69, 9.17) is 0 Å². The van der Waals surface area contributed by atoms with Crippen LogP contribution in [-0.4, -0.2) is 44.3 Å². The summed E-state index contributed by atoms with van der Waals surface area (Å²) >= 11 is 3.44. The quantitative estimate of drug-likeness (QED) is 0.388. The fourth-order valence-corrected chi connectivity index (χ4v) is 5.76. The van der Waals surface area contributed by atoms with E-state index in [-0.39, 0.29) is 17.3 Å². The number of halogens is 1. The highest BCUT2D eigenvalue weighted by molar-refractivity contribution is 9.10. The number of hydrogen-bond acceptors (Lipinski definition) is 4. The molecule has 1 atom stereocenters. The standard InChI is InChI=1S/C27H30BrN3O4S/c1-4-29-27(33)21(3)30(18-22-12-10-13-23(28)17-22)26(32)19-31(25-16-9-8-11-20(25)2)36(34,35)24-14-6-5-7-15-24/h5-17,21H,4,18-19H2,1-3H3,(H,29,33). The summed E-state index contributed by atoms with van der Waals surface area (Å²) in [5.41, 5.74) is 1.92. The predicted molar refractivity (Wildman–Crippen MR) is 145 cm³/mol. The van der Waals surface area contributed by atoms with Gasteiger partial charge < -0.3 is 10.2 Å². The molecule has 0 fully saturated rings. The Balaban J connectivity index is 2.03. The van der Waals surface area contributed by atoms with Crippen LogP contribution < -0.4 is 9.62 Å². The summed E-state index contributed by atoms with van der Waals surface area (Å²) in [4.78, 5) is 28.0. The topological polar surface area (TPSA) is 86.8 Å². The van der Waals surface area contributed by atoms with Gasteiger partial charge in [-0.1, -0.05) is 64.5 Å². The van der Waals surface area contributed by atoms with Gasteiger partial charge in [-0.25, -0.2) is 8.42 Å². The van der Waals surface area contributed by atoms with E-state index in [2.05, 4.69) is 21.2 Å². The molecule has 0 saturated carbocycles. The molecule has 0 bridgehead atoms. The normalized spacial score (nSPS) is 12.0. The van der Waals surface area contributed by atoms with Crippen molar-refractivity contribution in [1.82, 2.24) is 10.2 Å². The first-order chi connectivity index (χ1) is 17.1. The van der Waals surface area contributed by atoms with Crippen LogP contribution in [0.2, 0.25) is 0 Å². The van der Waals surface area contributed by atoms with E-state index in [0.717, 1.165) is 14.3 Å². The Kier molecular flexibility index (Phi) is 9.28. The second-order valence-electron chi connectivity index (χ2n) is 8.33. The summed E-state index contributed by atoms with van der Waals surface area (Å²) in [5.74, 6) is -0.800. The molecule has 0 aliphatic heterocycles. The monoisotopic (exact) mass is 571 g/mol. The van der Waals surface area contributed by atoms with Crippen molar-refractivity contribution in [1.29, 1.82) is 0 Å². The Morgan fingerprint density at radius 2 is 1.64 bits per heavy atom. The lowest BCUT2D eigenvalue weighted by Crippen LogP contribution is -2.51. The molecular weight excluding hydrogens is 542 g/mol. The van der Waals surface area contributed by atoms with Gasteiger partial charge in [-0.15, -0.1) is 0 Å². The maximum Gasteiger partial charge on any atom is 0.264 e. The number of anilines is 1. The van der Waals surface area contributed by atoms with E-state index in [1.165, 1.54) is 17.0 Å². The maximum atomic E-state index is 13.8. The highest BCUT2D eigenvalue weighted by Gasteiger charge is 2.32. The third-order valence-electron chi connectivity index (χ3n) is 5.75. The molecule has 190 valence electrons. The van der Waals surface area contributed by atoms with Gasteiger partial charge in [0, 0.05) is 17.6 Å². The van der Waals surface area contributed by atoms with Crippen LogP contribution in [0.25, 0.3) is 0 Å². The lowest BCUT2D eigenvalue weighted by molar-refractivity contribution is -0.139. The van der Waals surface area contributed by atoms with Gasteiger partial charge >= 0.3 is 0 Å². The van der Waals surface area contributed by atoms with Crippen LogP contribution in [0.3, 0.4) is 0 Å². The summed E-state index contributed by atoms with van der Waals surface area (Å²) in [6.07, 6.45) is 0. The number of amides is 2. The zero-order valence-electron chi connectivity index (χ0n) is 20.5. The second-order valence-corrected chi connectivity index (χ2v) is 11.1. The van der Waals surface area contributed by atoms with Crippen LogP contribution >= 0.6 is 15.9 Å². The second kappa shape index (κ2) is 12.2. The zero-order chi connectivity index (χ0) is 26.3. The lowest BCUT2D eigenvalue weighted by atomic mass is 10.1. The SMILES string of the molecule is CCNC(=O)C(C)N(Cc1cccc(Br)c1)C(=O)CN(c1ccccc1C)S(=O)(=O)c1ccccc1. The summed E-state index contributed by atoms with van der Waals surface area (Å²) in [5, 5.41) is 2.75. The van der Waals surface area contributed by atoms with Gasteiger partial charge in [-0.2, -0.15) is 0 Å². The average molecular weight is 573 g/mol. The van der Waals surface area contributed by atoms with Crippen molar-refractivity contribution in [3.63, 3.8) is 0 Å². The Bertz CT molecular complexity index is 1320. The molecule has 0 saturated heterocycles. The molecule has 0 aromatic heterocycles. The first-order valence-electron chi connectivity index (χ1n) is 11.6. The van der Waals surface area contributed by atoms with E-state index in [9.17, 15) is 18.0 Å². The molecule has 0 aliphatic carbocycles. The molecule has 7 nitrogen and oxygen atoms in total. The molecule has 2 amide bonds. The first kappa shape index (κ1) is 27.4. The van der Waals surface area contributed by atoms with Gasteiger partial charge in [0.2, 0.25) is 11.8 Å². The van der Waals surface area contributed by atoms with E-state index in [1.54, 1.807) is 57.2 Å². The minimum Gasteiger partial charge on any atom is -0.355 e. The van der Waals surface area contributed by atoms with Gasteiger partial charge in [0.25, 0.3) is 10.0 Å². The van der Waals surface area contributed by atoms with Gasteiger partial charge in [0.1, 0.15) is 12.6 Å². The minimum absolute atomic E-state index is 0.0800. The average Bonchev–Trinajstić information content (AvgIpc) is 2.86. The van der Waals surface area contributed by atoms with E-state index in [1.807, 2.05) is 30.3 Å². The molecule has 0 aliphatic rings. The van der Waals surface area contributed by atoms with Crippen molar-refractivity contribution in [3.8, 4) is 0 Å². The maximum absolute atomic E-state index is 13.8. The third kappa shape index (κ3) is 6.53. The number of carbonyl (C=O) groups excluding carboxylic acids is 2. The van der Waals surface area contributed by atoms with Crippen LogP contribution in [0.5, 0.6) is 0 Å². The molecule has 0 radical (unpaired) electrons. The Morgan fingerprint density at radius 3 is 2.28 bits per heavy atom. The van der Waals surface area contributed by atoms with Crippen LogP contribution in [0.4, 0.5) is 5.69 Å². The van der Waals surface area contributed by atoms with E-state index < -0.39 is 28.5 Å². The van der Waals surface area contributed by atoms with Gasteiger partial charge in [-0.05, 0) is 62.2 Å². The number of likely N-dealkylation sites (N-methyl/N-ethyl adjacent to an activating group) is 1. The molecule has 1 N–H and O–H groups in total. The molecule has 3 aromatic carbocycles. The smallest absolute Gasteiger partial charge is 0.264 e. The molecule has 36 heavy (non-hydrogen) atoms. The van der Waals surface area contributed by atoms with E-state index >= 15 is 0 Å². The van der Waals surface area contributed by atoms with Crippen molar-refractivity contribution >= 4 is 43.5 Å². The molecule has 3 rings (SSSR count). The number of benzene rings is 3. The molecule has 1 unspecified atom stereocenters. The minimum atomic E-state index is -4.06. The number of carbonyl (C=O) groups is 2. The highest BCUT2D eigenvalue weighted by atomic mass is 79.9. The molecule has 0 heterocycles. The largest absolute Gasteiger partial charge is 0.355 e. The fourth-order valence-electron chi connectivity index (χ4n) is 3.81. The van der Waals surface area contributed by atoms with Crippen LogP contribution in [0.15, 0.2) is 88.2 Å². The number of hydrogen-bond donors (Lipinski definition) is 1. The first-order valence-corrected chi connectivity index (χ1v) is 13.8. The summed E-state index contributed by atoms with van der Waals surface area (Å²) in [6, 6.07) is 21.7. The van der Waals surface area contributed by atoms with Crippen molar-refractivity contribution in [2.75, 3.05) is 17.4 Å².